The number of rotatable bonds is 8. The maximum Gasteiger partial charge on any atom is 0.127 e. The average molecular weight is 247 g/mol. The summed E-state index contributed by atoms with van der Waals surface area (Å²) in [5, 5.41) is 3.89. The van der Waals surface area contributed by atoms with Crippen LogP contribution in [0.2, 0.25) is 0 Å². The third-order valence-electron chi connectivity index (χ3n) is 3.27. The first-order valence-electron chi connectivity index (χ1n) is 6.72. The minimum atomic E-state index is 1.04. The minimum Gasteiger partial charge on any atom is -0.364 e. The van der Waals surface area contributed by atoms with E-state index in [4.69, 9.17) is 4.52 Å². The van der Waals surface area contributed by atoms with Crippen LogP contribution in [0.15, 0.2) is 29.5 Å². The fourth-order valence-electron chi connectivity index (χ4n) is 2.11. The van der Waals surface area contributed by atoms with Crippen LogP contribution in [0.1, 0.15) is 43.4 Å². The molecule has 0 bridgehead atoms. The molecule has 4 heteroatoms. The van der Waals surface area contributed by atoms with Crippen molar-refractivity contribution in [1.82, 2.24) is 14.7 Å². The molecule has 0 atom stereocenters. The van der Waals surface area contributed by atoms with Crippen molar-refractivity contribution in [3.63, 3.8) is 0 Å². The number of aryl methyl sites for hydroxylation is 3. The summed E-state index contributed by atoms with van der Waals surface area (Å²) in [5.41, 5.74) is 2.29. The van der Waals surface area contributed by atoms with Crippen molar-refractivity contribution in [1.29, 1.82) is 0 Å². The van der Waals surface area contributed by atoms with Crippen LogP contribution in [-0.2, 0) is 13.0 Å². The Labute approximate surface area is 108 Å². The zero-order chi connectivity index (χ0) is 12.6. The highest BCUT2D eigenvalue weighted by atomic mass is 16.5. The average Bonchev–Trinajstić information content (AvgIpc) is 3.00. The fraction of sp³-hybridized carbons (Fsp3) is 0.571. The molecule has 4 nitrogen and oxygen atoms in total. The molecule has 0 unspecified atom stereocenters. The van der Waals surface area contributed by atoms with Crippen molar-refractivity contribution in [2.75, 3.05) is 0 Å². The molecule has 2 aromatic heterocycles. The molecule has 98 valence electrons. The zero-order valence-electron chi connectivity index (χ0n) is 11.0. The SMILES string of the molecule is Cc1nocc1CCCCCCCn1ccnc1. The van der Waals surface area contributed by atoms with Crippen LogP contribution in [0, 0.1) is 6.92 Å². The van der Waals surface area contributed by atoms with E-state index in [0.717, 1.165) is 18.7 Å². The predicted molar refractivity (Wildman–Crippen MR) is 70.3 cm³/mol. The number of hydrogen-bond donors (Lipinski definition) is 0. The summed E-state index contributed by atoms with van der Waals surface area (Å²) < 4.78 is 7.06. The van der Waals surface area contributed by atoms with Gasteiger partial charge in [-0.15, -0.1) is 0 Å². The van der Waals surface area contributed by atoms with Gasteiger partial charge in [0.05, 0.1) is 12.0 Å². The van der Waals surface area contributed by atoms with E-state index in [-0.39, 0.29) is 0 Å². The molecular formula is C14H21N3O. The lowest BCUT2D eigenvalue weighted by molar-refractivity contribution is 0.414. The second-order valence-corrected chi connectivity index (χ2v) is 4.74. The molecule has 0 radical (unpaired) electrons. The molecule has 0 N–H and O–H groups in total. The molecule has 0 aliphatic carbocycles. The van der Waals surface area contributed by atoms with Crippen LogP contribution in [0.3, 0.4) is 0 Å². The highest BCUT2D eigenvalue weighted by molar-refractivity contribution is 5.12. The van der Waals surface area contributed by atoms with Gasteiger partial charge in [-0.05, 0) is 26.2 Å². The third-order valence-corrected chi connectivity index (χ3v) is 3.27. The topological polar surface area (TPSA) is 43.9 Å². The zero-order valence-corrected chi connectivity index (χ0v) is 11.0. The Morgan fingerprint density at radius 3 is 2.72 bits per heavy atom. The maximum absolute atomic E-state index is 4.92. The van der Waals surface area contributed by atoms with E-state index in [2.05, 4.69) is 14.7 Å². The van der Waals surface area contributed by atoms with Crippen molar-refractivity contribution in [3.8, 4) is 0 Å². The normalized spacial score (nSPS) is 10.9. The molecule has 0 aliphatic rings. The molecule has 0 aromatic carbocycles. The van der Waals surface area contributed by atoms with Gasteiger partial charge < -0.3 is 9.09 Å². The summed E-state index contributed by atoms with van der Waals surface area (Å²) in [7, 11) is 0. The molecule has 2 heterocycles. The summed E-state index contributed by atoms with van der Waals surface area (Å²) >= 11 is 0. The molecule has 0 amide bonds. The van der Waals surface area contributed by atoms with E-state index in [9.17, 15) is 0 Å². The lowest BCUT2D eigenvalue weighted by atomic mass is 10.1. The lowest BCUT2D eigenvalue weighted by Gasteiger charge is -2.02. The summed E-state index contributed by atoms with van der Waals surface area (Å²) in [4.78, 5) is 4.04. The Balaban J connectivity index is 1.48. The van der Waals surface area contributed by atoms with Crippen LogP contribution < -0.4 is 0 Å². The Hall–Kier alpha value is -1.58. The Bertz CT molecular complexity index is 434. The van der Waals surface area contributed by atoms with Crippen LogP contribution in [-0.4, -0.2) is 14.7 Å². The van der Waals surface area contributed by atoms with Crippen molar-refractivity contribution >= 4 is 0 Å². The van der Waals surface area contributed by atoms with Crippen molar-refractivity contribution < 1.29 is 4.52 Å². The molecule has 18 heavy (non-hydrogen) atoms. The van der Waals surface area contributed by atoms with Gasteiger partial charge in [0.15, 0.2) is 0 Å². The molecule has 2 rings (SSSR count). The van der Waals surface area contributed by atoms with E-state index >= 15 is 0 Å². The molecular weight excluding hydrogens is 226 g/mol. The molecule has 2 aromatic rings. The first-order valence-corrected chi connectivity index (χ1v) is 6.72. The quantitative estimate of drug-likeness (QED) is 0.672. The minimum absolute atomic E-state index is 1.04. The van der Waals surface area contributed by atoms with Crippen molar-refractivity contribution in [3.05, 3.63) is 36.2 Å². The summed E-state index contributed by atoms with van der Waals surface area (Å²) in [6, 6.07) is 0. The molecule has 0 fully saturated rings. The monoisotopic (exact) mass is 247 g/mol. The van der Waals surface area contributed by atoms with Gasteiger partial charge in [-0.1, -0.05) is 24.4 Å². The second-order valence-electron chi connectivity index (χ2n) is 4.74. The lowest BCUT2D eigenvalue weighted by Crippen LogP contribution is -1.94. The van der Waals surface area contributed by atoms with E-state index in [0.29, 0.717) is 0 Å². The number of aromatic nitrogens is 3. The van der Waals surface area contributed by atoms with Crippen LogP contribution in [0.25, 0.3) is 0 Å². The predicted octanol–water partition coefficient (Wildman–Crippen LogP) is 3.37. The number of hydrogen-bond acceptors (Lipinski definition) is 3. The summed E-state index contributed by atoms with van der Waals surface area (Å²) in [5.74, 6) is 0. The van der Waals surface area contributed by atoms with Gasteiger partial charge in [0.2, 0.25) is 0 Å². The second kappa shape index (κ2) is 6.99. The van der Waals surface area contributed by atoms with Gasteiger partial charge in [0.1, 0.15) is 6.26 Å². The smallest absolute Gasteiger partial charge is 0.127 e. The van der Waals surface area contributed by atoms with Gasteiger partial charge in [0, 0.05) is 24.5 Å². The first kappa shape index (κ1) is 12.9. The third kappa shape index (κ3) is 4.02. The highest BCUT2D eigenvalue weighted by Gasteiger charge is 2.01. The van der Waals surface area contributed by atoms with Crippen molar-refractivity contribution in [2.45, 2.75) is 52.0 Å². The summed E-state index contributed by atoms with van der Waals surface area (Å²) in [6.07, 6.45) is 15.0. The Morgan fingerprint density at radius 1 is 1.17 bits per heavy atom. The number of unbranched alkanes of at least 4 members (excludes halogenated alkanes) is 4. The highest BCUT2D eigenvalue weighted by Crippen LogP contribution is 2.11. The first-order chi connectivity index (χ1) is 8.86. The molecule has 0 saturated heterocycles. The molecule has 0 aliphatic heterocycles. The van der Waals surface area contributed by atoms with Gasteiger partial charge in [0.25, 0.3) is 0 Å². The van der Waals surface area contributed by atoms with Gasteiger partial charge in [-0.2, -0.15) is 0 Å². The summed E-state index contributed by atoms with van der Waals surface area (Å²) in [6.45, 7) is 3.09. The number of nitrogens with zero attached hydrogens (tertiary/aromatic N) is 3. The standard InChI is InChI=1S/C14H21N3O/c1-13-14(11-18-16-13)7-5-3-2-4-6-9-17-10-8-15-12-17/h8,10-12H,2-7,9H2,1H3. The van der Waals surface area contributed by atoms with Gasteiger partial charge in [-0.3, -0.25) is 0 Å². The van der Waals surface area contributed by atoms with E-state index in [1.54, 1.807) is 6.26 Å². The van der Waals surface area contributed by atoms with Crippen molar-refractivity contribution in [2.24, 2.45) is 0 Å². The molecule has 0 spiro atoms. The van der Waals surface area contributed by atoms with Crippen LogP contribution in [0.4, 0.5) is 0 Å². The maximum atomic E-state index is 4.92. The Kier molecular flexibility index (Phi) is 5.00. The van der Waals surface area contributed by atoms with Crippen LogP contribution >= 0.6 is 0 Å². The van der Waals surface area contributed by atoms with Gasteiger partial charge >= 0.3 is 0 Å². The number of imidazole rings is 1. The van der Waals surface area contributed by atoms with E-state index in [1.807, 2.05) is 25.6 Å². The largest absolute Gasteiger partial charge is 0.364 e. The molecule has 0 saturated carbocycles. The Morgan fingerprint density at radius 2 is 2.00 bits per heavy atom. The fourth-order valence-corrected chi connectivity index (χ4v) is 2.11. The van der Waals surface area contributed by atoms with E-state index in [1.165, 1.54) is 37.7 Å². The van der Waals surface area contributed by atoms with Crippen LogP contribution in [0.5, 0.6) is 0 Å². The van der Waals surface area contributed by atoms with E-state index < -0.39 is 0 Å². The van der Waals surface area contributed by atoms with Gasteiger partial charge in [-0.25, -0.2) is 4.98 Å².